The third-order valence-electron chi connectivity index (χ3n) is 7.09. The van der Waals surface area contributed by atoms with Gasteiger partial charge in [0.25, 0.3) is 5.91 Å². The molecule has 3 heterocycles. The summed E-state index contributed by atoms with van der Waals surface area (Å²) in [5.41, 5.74) is 5.99. The van der Waals surface area contributed by atoms with Gasteiger partial charge in [0, 0.05) is 35.9 Å². The van der Waals surface area contributed by atoms with Gasteiger partial charge in [-0.2, -0.15) is 5.10 Å². The summed E-state index contributed by atoms with van der Waals surface area (Å²) < 4.78 is 0. The number of benzene rings is 2. The zero-order valence-electron chi connectivity index (χ0n) is 20.6. The minimum absolute atomic E-state index is 0.172. The molecule has 1 fully saturated rings. The summed E-state index contributed by atoms with van der Waals surface area (Å²) in [6, 6.07) is 15.8. The number of amides is 1. The maximum atomic E-state index is 12.7. The van der Waals surface area contributed by atoms with Crippen LogP contribution in [0.2, 0.25) is 0 Å². The van der Waals surface area contributed by atoms with Crippen molar-refractivity contribution in [1.29, 1.82) is 0 Å². The number of fused-ring (bicyclic) bond motifs is 2. The fourth-order valence-electron chi connectivity index (χ4n) is 5.09. The second kappa shape index (κ2) is 10.3. The molecule has 0 saturated heterocycles. The topological polar surface area (TPSA) is 108 Å². The summed E-state index contributed by atoms with van der Waals surface area (Å²) >= 11 is 0. The minimum atomic E-state index is -0.172. The van der Waals surface area contributed by atoms with Gasteiger partial charge in [-0.1, -0.05) is 31.4 Å². The molecule has 1 saturated carbocycles. The van der Waals surface area contributed by atoms with E-state index in [4.69, 9.17) is 0 Å². The number of aromatic nitrogens is 5. The maximum absolute atomic E-state index is 12.7. The summed E-state index contributed by atoms with van der Waals surface area (Å²) in [5.74, 6) is 0.764. The van der Waals surface area contributed by atoms with Crippen LogP contribution >= 0.6 is 0 Å². The second-order valence-corrected chi connectivity index (χ2v) is 9.64. The molecule has 37 heavy (non-hydrogen) atoms. The van der Waals surface area contributed by atoms with E-state index in [0.717, 1.165) is 46.5 Å². The maximum Gasteiger partial charge on any atom is 0.255 e. The Labute approximate surface area is 215 Å². The highest BCUT2D eigenvalue weighted by Gasteiger charge is 2.17. The van der Waals surface area contributed by atoms with Gasteiger partial charge in [0.1, 0.15) is 5.82 Å². The highest BCUT2D eigenvalue weighted by atomic mass is 16.1. The lowest BCUT2D eigenvalue weighted by atomic mass is 9.95. The van der Waals surface area contributed by atoms with Crippen LogP contribution in [0.5, 0.6) is 0 Å². The normalized spacial score (nSPS) is 14.2. The van der Waals surface area contributed by atoms with Crippen molar-refractivity contribution in [3.8, 4) is 0 Å². The lowest BCUT2D eigenvalue weighted by Gasteiger charge is -2.23. The molecule has 1 aliphatic carbocycles. The highest BCUT2D eigenvalue weighted by Crippen LogP contribution is 2.28. The SMILES string of the molecule is O=C(Nc1ccc(CCc2n[nH]c3ccnc(NC4CCCCC4)c23)cc1)c1ccc2nccnc2c1. The van der Waals surface area contributed by atoms with E-state index < -0.39 is 0 Å². The molecule has 8 heteroatoms. The van der Waals surface area contributed by atoms with Crippen molar-refractivity contribution in [2.24, 2.45) is 0 Å². The van der Waals surface area contributed by atoms with E-state index in [2.05, 4.69) is 47.9 Å². The van der Waals surface area contributed by atoms with E-state index in [9.17, 15) is 4.79 Å². The van der Waals surface area contributed by atoms with Gasteiger partial charge in [-0.15, -0.1) is 0 Å². The fourth-order valence-corrected chi connectivity index (χ4v) is 5.09. The summed E-state index contributed by atoms with van der Waals surface area (Å²) in [4.78, 5) is 25.9. The number of aromatic amines is 1. The number of aryl methyl sites for hydroxylation is 2. The molecule has 3 aromatic heterocycles. The molecule has 0 bridgehead atoms. The summed E-state index contributed by atoms with van der Waals surface area (Å²) in [7, 11) is 0. The lowest BCUT2D eigenvalue weighted by Crippen LogP contribution is -2.23. The molecular formula is C29H29N7O. The smallest absolute Gasteiger partial charge is 0.255 e. The Bertz CT molecular complexity index is 1540. The molecule has 0 spiro atoms. The molecule has 1 aliphatic rings. The Balaban J connectivity index is 1.11. The lowest BCUT2D eigenvalue weighted by molar-refractivity contribution is 0.102. The Kier molecular flexibility index (Phi) is 6.45. The quantitative estimate of drug-likeness (QED) is 0.270. The summed E-state index contributed by atoms with van der Waals surface area (Å²) in [5, 5.41) is 15.5. The molecule has 6 rings (SSSR count). The Morgan fingerprint density at radius 3 is 2.51 bits per heavy atom. The van der Waals surface area contributed by atoms with Crippen LogP contribution < -0.4 is 10.6 Å². The van der Waals surface area contributed by atoms with E-state index >= 15 is 0 Å². The number of pyridine rings is 1. The van der Waals surface area contributed by atoms with Crippen LogP contribution in [0.25, 0.3) is 21.9 Å². The molecule has 1 amide bonds. The molecule has 0 unspecified atom stereocenters. The molecule has 0 radical (unpaired) electrons. The van der Waals surface area contributed by atoms with Crippen molar-refractivity contribution in [2.75, 3.05) is 10.6 Å². The standard InChI is InChI=1S/C29H29N7O/c37-29(20-9-13-23-26(18-20)31-17-16-30-23)34-22-10-6-19(7-11-22)8-12-24-27-25(36-35-24)14-15-32-28(27)33-21-4-2-1-3-5-21/h6-7,9-11,13-18,21H,1-5,8,12H2,(H,32,33)(H,34,37)(H,35,36). The monoisotopic (exact) mass is 491 g/mol. The first-order chi connectivity index (χ1) is 18.2. The number of nitrogens with one attached hydrogen (secondary N) is 3. The van der Waals surface area contributed by atoms with Crippen molar-refractivity contribution in [2.45, 2.75) is 51.0 Å². The van der Waals surface area contributed by atoms with Crippen LogP contribution in [0, 0.1) is 0 Å². The molecule has 3 N–H and O–H groups in total. The van der Waals surface area contributed by atoms with Gasteiger partial charge in [0.05, 0.1) is 27.6 Å². The number of rotatable bonds is 7. The zero-order valence-corrected chi connectivity index (χ0v) is 20.6. The van der Waals surface area contributed by atoms with E-state index in [1.807, 2.05) is 30.5 Å². The van der Waals surface area contributed by atoms with Crippen molar-refractivity contribution in [3.05, 3.63) is 83.9 Å². The molecule has 186 valence electrons. The largest absolute Gasteiger partial charge is 0.367 e. The summed E-state index contributed by atoms with van der Waals surface area (Å²) in [6.07, 6.45) is 13.0. The Hall–Kier alpha value is -4.33. The van der Waals surface area contributed by atoms with Crippen molar-refractivity contribution in [1.82, 2.24) is 25.1 Å². The van der Waals surface area contributed by atoms with Gasteiger partial charge >= 0.3 is 0 Å². The van der Waals surface area contributed by atoms with Crippen LogP contribution in [0.4, 0.5) is 11.5 Å². The number of anilines is 2. The zero-order chi connectivity index (χ0) is 25.0. The molecule has 0 aliphatic heterocycles. The van der Waals surface area contributed by atoms with E-state index in [1.54, 1.807) is 24.5 Å². The average Bonchev–Trinajstić information content (AvgIpc) is 3.37. The Morgan fingerprint density at radius 2 is 1.68 bits per heavy atom. The number of carbonyl (C=O) groups is 1. The Morgan fingerprint density at radius 1 is 0.865 bits per heavy atom. The second-order valence-electron chi connectivity index (χ2n) is 9.64. The summed E-state index contributed by atoms with van der Waals surface area (Å²) in [6.45, 7) is 0. The predicted molar refractivity (Wildman–Crippen MR) is 146 cm³/mol. The molecular weight excluding hydrogens is 462 g/mol. The number of hydrogen-bond acceptors (Lipinski definition) is 6. The van der Waals surface area contributed by atoms with Crippen molar-refractivity contribution < 1.29 is 4.79 Å². The average molecular weight is 492 g/mol. The third-order valence-corrected chi connectivity index (χ3v) is 7.09. The van der Waals surface area contributed by atoms with Crippen LogP contribution in [0.3, 0.4) is 0 Å². The number of carbonyl (C=O) groups excluding carboxylic acids is 1. The van der Waals surface area contributed by atoms with Gasteiger partial charge < -0.3 is 10.6 Å². The predicted octanol–water partition coefficient (Wildman–Crippen LogP) is 5.68. The number of H-pyrrole nitrogens is 1. The minimum Gasteiger partial charge on any atom is -0.367 e. The van der Waals surface area contributed by atoms with Crippen LogP contribution in [0.1, 0.15) is 53.7 Å². The van der Waals surface area contributed by atoms with E-state index in [1.165, 1.54) is 37.7 Å². The fraction of sp³-hybridized carbons (Fsp3) is 0.276. The van der Waals surface area contributed by atoms with Crippen molar-refractivity contribution >= 4 is 39.3 Å². The number of nitrogens with zero attached hydrogens (tertiary/aromatic N) is 4. The van der Waals surface area contributed by atoms with Crippen molar-refractivity contribution in [3.63, 3.8) is 0 Å². The van der Waals surface area contributed by atoms with Crippen LogP contribution in [-0.2, 0) is 12.8 Å². The molecule has 5 aromatic rings. The van der Waals surface area contributed by atoms with Crippen LogP contribution in [-0.4, -0.2) is 37.1 Å². The highest BCUT2D eigenvalue weighted by molar-refractivity contribution is 6.05. The first-order valence-corrected chi connectivity index (χ1v) is 12.9. The van der Waals surface area contributed by atoms with Gasteiger partial charge in [0.2, 0.25) is 0 Å². The first kappa shape index (κ1) is 23.1. The number of hydrogen-bond donors (Lipinski definition) is 3. The molecule has 0 atom stereocenters. The third kappa shape index (κ3) is 5.14. The van der Waals surface area contributed by atoms with Gasteiger partial charge in [-0.05, 0) is 67.6 Å². The van der Waals surface area contributed by atoms with Gasteiger partial charge in [-0.25, -0.2) is 4.98 Å². The van der Waals surface area contributed by atoms with Gasteiger partial charge in [0.15, 0.2) is 0 Å². The van der Waals surface area contributed by atoms with E-state index in [-0.39, 0.29) is 5.91 Å². The van der Waals surface area contributed by atoms with Gasteiger partial charge in [-0.3, -0.25) is 19.9 Å². The molecule has 2 aromatic carbocycles. The van der Waals surface area contributed by atoms with E-state index in [0.29, 0.717) is 17.1 Å². The molecule has 8 nitrogen and oxygen atoms in total. The van der Waals surface area contributed by atoms with Crippen LogP contribution in [0.15, 0.2) is 67.1 Å². The first-order valence-electron chi connectivity index (χ1n) is 12.9.